The van der Waals surface area contributed by atoms with E-state index >= 15 is 0 Å². The number of likely N-dealkylation sites (tertiary alicyclic amines) is 1. The van der Waals surface area contributed by atoms with Crippen LogP contribution in [0, 0.1) is 0 Å². The third-order valence-electron chi connectivity index (χ3n) is 4.53. The van der Waals surface area contributed by atoms with Crippen molar-refractivity contribution >= 4 is 29.7 Å². The molecule has 2 aliphatic rings. The summed E-state index contributed by atoms with van der Waals surface area (Å²) < 4.78 is 0. The minimum atomic E-state index is 0. The van der Waals surface area contributed by atoms with Gasteiger partial charge in [0.1, 0.15) is 0 Å². The molecule has 0 bridgehead atoms. The molecule has 5 heteroatoms. The van der Waals surface area contributed by atoms with Crippen LogP contribution in [0.4, 0.5) is 0 Å². The SMILES string of the molecule is Cl.NC1CCN(C(=O)c2cc3c(s2)CCCCCC3)CC1. The lowest BCUT2D eigenvalue weighted by molar-refractivity contribution is 0.0719. The van der Waals surface area contributed by atoms with Crippen LogP contribution in [0.1, 0.15) is 58.6 Å². The number of nitrogens with zero attached hydrogens (tertiary/aromatic N) is 1. The first-order chi connectivity index (χ1) is 9.74. The maximum Gasteiger partial charge on any atom is 0.263 e. The van der Waals surface area contributed by atoms with Crippen LogP contribution in [0.2, 0.25) is 0 Å². The molecule has 1 aromatic rings. The van der Waals surface area contributed by atoms with Crippen molar-refractivity contribution in [3.63, 3.8) is 0 Å². The molecule has 0 spiro atoms. The standard InChI is InChI=1S/C16H24N2OS.ClH/c17-13-7-9-18(10-8-13)16(19)15-11-12-5-3-1-2-4-6-14(12)20-15;/h11,13H,1-10,17H2;1H. The molecule has 0 radical (unpaired) electrons. The predicted octanol–water partition coefficient (Wildman–Crippen LogP) is 3.39. The number of halogens is 1. The van der Waals surface area contributed by atoms with Gasteiger partial charge in [0.2, 0.25) is 0 Å². The van der Waals surface area contributed by atoms with Gasteiger partial charge in [0, 0.05) is 24.0 Å². The van der Waals surface area contributed by atoms with Gasteiger partial charge in [0.05, 0.1) is 4.88 Å². The summed E-state index contributed by atoms with van der Waals surface area (Å²) >= 11 is 1.74. The fourth-order valence-electron chi connectivity index (χ4n) is 3.21. The Bertz CT molecular complexity index is 455. The van der Waals surface area contributed by atoms with Crippen molar-refractivity contribution in [2.75, 3.05) is 13.1 Å². The maximum atomic E-state index is 12.6. The highest BCUT2D eigenvalue weighted by Crippen LogP contribution is 2.29. The van der Waals surface area contributed by atoms with Gasteiger partial charge in [-0.05, 0) is 50.2 Å². The Morgan fingerprint density at radius 1 is 1.14 bits per heavy atom. The Kier molecular flexibility index (Phi) is 6.08. The first-order valence-electron chi connectivity index (χ1n) is 7.90. The highest BCUT2D eigenvalue weighted by molar-refractivity contribution is 7.14. The highest BCUT2D eigenvalue weighted by atomic mass is 35.5. The van der Waals surface area contributed by atoms with Crippen LogP contribution in [0.25, 0.3) is 0 Å². The smallest absolute Gasteiger partial charge is 0.263 e. The number of nitrogens with two attached hydrogens (primary N) is 1. The van der Waals surface area contributed by atoms with Crippen LogP contribution >= 0.6 is 23.7 Å². The third kappa shape index (κ3) is 3.99. The van der Waals surface area contributed by atoms with E-state index in [-0.39, 0.29) is 24.4 Å². The van der Waals surface area contributed by atoms with Crippen molar-refractivity contribution in [1.29, 1.82) is 0 Å². The van der Waals surface area contributed by atoms with Gasteiger partial charge in [-0.3, -0.25) is 4.79 Å². The molecule has 1 fully saturated rings. The molecule has 0 aromatic carbocycles. The topological polar surface area (TPSA) is 46.3 Å². The van der Waals surface area contributed by atoms with Crippen molar-refractivity contribution in [2.45, 2.75) is 57.4 Å². The zero-order valence-electron chi connectivity index (χ0n) is 12.5. The summed E-state index contributed by atoms with van der Waals surface area (Å²) in [6, 6.07) is 2.45. The van der Waals surface area contributed by atoms with Gasteiger partial charge in [-0.15, -0.1) is 23.7 Å². The molecule has 3 nitrogen and oxygen atoms in total. The number of aryl methyl sites for hydroxylation is 2. The second-order valence-corrected chi connectivity index (χ2v) is 7.24. The Morgan fingerprint density at radius 2 is 1.81 bits per heavy atom. The second kappa shape index (κ2) is 7.61. The molecule has 1 amide bonds. The van der Waals surface area contributed by atoms with Crippen molar-refractivity contribution in [1.82, 2.24) is 4.90 Å². The molecule has 2 heterocycles. The maximum absolute atomic E-state index is 12.6. The van der Waals surface area contributed by atoms with Crippen LogP contribution in [-0.4, -0.2) is 29.9 Å². The number of amides is 1. The lowest BCUT2D eigenvalue weighted by atomic mass is 9.99. The van der Waals surface area contributed by atoms with Crippen molar-refractivity contribution < 1.29 is 4.79 Å². The van der Waals surface area contributed by atoms with E-state index in [4.69, 9.17) is 5.73 Å². The van der Waals surface area contributed by atoms with Crippen LogP contribution in [-0.2, 0) is 12.8 Å². The Balaban J connectivity index is 0.00000161. The molecular weight excluding hydrogens is 304 g/mol. The number of fused-ring (bicyclic) bond motifs is 1. The van der Waals surface area contributed by atoms with E-state index < -0.39 is 0 Å². The molecule has 1 aliphatic carbocycles. The van der Waals surface area contributed by atoms with E-state index in [1.807, 2.05) is 4.90 Å². The van der Waals surface area contributed by atoms with Crippen LogP contribution in [0.15, 0.2) is 6.07 Å². The van der Waals surface area contributed by atoms with Gasteiger partial charge in [0.25, 0.3) is 5.91 Å². The van der Waals surface area contributed by atoms with Crippen LogP contribution in [0.5, 0.6) is 0 Å². The molecule has 3 rings (SSSR count). The number of piperidine rings is 1. The fourth-order valence-corrected chi connectivity index (χ4v) is 4.43. The number of hydrogen-bond donors (Lipinski definition) is 1. The summed E-state index contributed by atoms with van der Waals surface area (Å²) in [5.74, 6) is 0.230. The van der Waals surface area contributed by atoms with E-state index in [0.29, 0.717) is 0 Å². The number of carbonyl (C=O) groups excluding carboxylic acids is 1. The Hall–Kier alpha value is -0.580. The highest BCUT2D eigenvalue weighted by Gasteiger charge is 2.24. The molecule has 1 aromatic heterocycles. The zero-order valence-corrected chi connectivity index (χ0v) is 14.1. The van der Waals surface area contributed by atoms with E-state index in [0.717, 1.165) is 43.6 Å². The summed E-state index contributed by atoms with van der Waals surface area (Å²) in [7, 11) is 0. The Morgan fingerprint density at radius 3 is 2.52 bits per heavy atom. The van der Waals surface area contributed by atoms with E-state index in [9.17, 15) is 4.79 Å². The van der Waals surface area contributed by atoms with Gasteiger partial charge in [-0.2, -0.15) is 0 Å². The normalized spacial score (nSPS) is 20.1. The average Bonchev–Trinajstić information content (AvgIpc) is 2.81. The van der Waals surface area contributed by atoms with Crippen molar-refractivity contribution in [2.24, 2.45) is 5.73 Å². The minimum Gasteiger partial charge on any atom is -0.338 e. The zero-order chi connectivity index (χ0) is 13.9. The summed E-state index contributed by atoms with van der Waals surface area (Å²) in [6.45, 7) is 1.64. The Labute approximate surface area is 137 Å². The number of thiophene rings is 1. The number of rotatable bonds is 1. The molecule has 2 N–H and O–H groups in total. The first-order valence-corrected chi connectivity index (χ1v) is 8.72. The minimum absolute atomic E-state index is 0. The lowest BCUT2D eigenvalue weighted by Crippen LogP contribution is -2.42. The van der Waals surface area contributed by atoms with Gasteiger partial charge in [-0.1, -0.05) is 12.8 Å². The monoisotopic (exact) mass is 328 g/mol. The summed E-state index contributed by atoms with van der Waals surface area (Å²) in [6.07, 6.45) is 9.43. The fraction of sp³-hybridized carbons (Fsp3) is 0.688. The average molecular weight is 329 g/mol. The van der Waals surface area contributed by atoms with Gasteiger partial charge in [-0.25, -0.2) is 0 Å². The molecule has 0 unspecified atom stereocenters. The molecule has 0 atom stereocenters. The molecule has 21 heavy (non-hydrogen) atoms. The van der Waals surface area contributed by atoms with Crippen LogP contribution in [0.3, 0.4) is 0 Å². The van der Waals surface area contributed by atoms with Crippen molar-refractivity contribution in [3.8, 4) is 0 Å². The van der Waals surface area contributed by atoms with Gasteiger partial charge >= 0.3 is 0 Å². The molecule has 118 valence electrons. The summed E-state index contributed by atoms with van der Waals surface area (Å²) in [4.78, 5) is 17.0. The molecule has 1 aliphatic heterocycles. The van der Waals surface area contributed by atoms with Crippen molar-refractivity contribution in [3.05, 3.63) is 21.4 Å². The predicted molar refractivity (Wildman–Crippen MR) is 90.6 cm³/mol. The molecule has 0 saturated carbocycles. The second-order valence-electron chi connectivity index (χ2n) is 6.10. The quantitative estimate of drug-likeness (QED) is 0.859. The molecule has 1 saturated heterocycles. The lowest BCUT2D eigenvalue weighted by Gasteiger charge is -2.29. The summed E-state index contributed by atoms with van der Waals surface area (Å²) in [5.41, 5.74) is 7.35. The first kappa shape index (κ1) is 16.8. The van der Waals surface area contributed by atoms with Gasteiger partial charge < -0.3 is 10.6 Å². The van der Waals surface area contributed by atoms with E-state index in [1.165, 1.54) is 36.1 Å². The third-order valence-corrected chi connectivity index (χ3v) is 5.76. The van der Waals surface area contributed by atoms with Gasteiger partial charge in [0.15, 0.2) is 0 Å². The summed E-state index contributed by atoms with van der Waals surface area (Å²) in [5, 5.41) is 0. The largest absolute Gasteiger partial charge is 0.338 e. The number of hydrogen-bond acceptors (Lipinski definition) is 3. The number of carbonyl (C=O) groups is 1. The van der Waals surface area contributed by atoms with E-state index in [2.05, 4.69) is 6.07 Å². The van der Waals surface area contributed by atoms with E-state index in [1.54, 1.807) is 11.3 Å². The molecular formula is C16H25ClN2OS. The van der Waals surface area contributed by atoms with Crippen LogP contribution < -0.4 is 5.73 Å².